The van der Waals surface area contributed by atoms with E-state index in [9.17, 15) is 14.0 Å². The van der Waals surface area contributed by atoms with Crippen LogP contribution in [0.2, 0.25) is 0 Å². The van der Waals surface area contributed by atoms with Gasteiger partial charge in [-0.05, 0) is 85.3 Å². The number of aromatic nitrogens is 1. The first-order chi connectivity index (χ1) is 18.2. The number of rotatable bonds is 10. The van der Waals surface area contributed by atoms with Crippen LogP contribution < -0.4 is 5.32 Å². The van der Waals surface area contributed by atoms with Gasteiger partial charge in [0.2, 0.25) is 5.91 Å². The molecule has 1 fully saturated rings. The van der Waals surface area contributed by atoms with Crippen LogP contribution in [0.5, 0.6) is 0 Å². The summed E-state index contributed by atoms with van der Waals surface area (Å²) >= 11 is 0. The van der Waals surface area contributed by atoms with E-state index in [2.05, 4.69) is 31.1 Å². The zero-order chi connectivity index (χ0) is 27.1. The van der Waals surface area contributed by atoms with E-state index in [1.165, 1.54) is 24.8 Å². The van der Waals surface area contributed by atoms with Gasteiger partial charge in [-0.15, -0.1) is 0 Å². The Bertz CT molecular complexity index is 1200. The molecule has 38 heavy (non-hydrogen) atoms. The van der Waals surface area contributed by atoms with Gasteiger partial charge in [0.1, 0.15) is 11.9 Å². The van der Waals surface area contributed by atoms with Gasteiger partial charge in [-0.3, -0.25) is 14.6 Å². The number of hydrogen-bond donors (Lipinski definition) is 1. The van der Waals surface area contributed by atoms with E-state index in [1.54, 1.807) is 41.6 Å². The predicted octanol–water partition coefficient (Wildman–Crippen LogP) is 6.21. The van der Waals surface area contributed by atoms with Gasteiger partial charge in [0.05, 0.1) is 6.26 Å². The molecule has 7 heteroatoms. The number of carbonyl (C=O) groups is 2. The summed E-state index contributed by atoms with van der Waals surface area (Å²) in [5.74, 6) is 0.352. The third-order valence-corrected chi connectivity index (χ3v) is 7.41. The predicted molar refractivity (Wildman–Crippen MR) is 145 cm³/mol. The Morgan fingerprint density at radius 3 is 2.71 bits per heavy atom. The molecule has 2 aromatic heterocycles. The standard InChI is InChI=1S/C31H38FN3O3/c1-22-17-24(20-31(2,3)19-22)12-15-35(30(37)27-10-6-16-38-27)28(25-8-5-13-33-21-25)29(36)34-14-11-23-7-4-9-26(32)18-23/h4-10,13,16,18,21-22,24,28H,11-12,14-15,17,19-20H2,1-3H3,(H,34,36). The average molecular weight is 520 g/mol. The smallest absolute Gasteiger partial charge is 0.290 e. The van der Waals surface area contributed by atoms with Gasteiger partial charge in [-0.1, -0.05) is 39.0 Å². The molecule has 6 nitrogen and oxygen atoms in total. The Hall–Kier alpha value is -3.48. The molecule has 1 aromatic carbocycles. The molecule has 202 valence electrons. The van der Waals surface area contributed by atoms with Gasteiger partial charge in [0, 0.05) is 31.0 Å². The van der Waals surface area contributed by atoms with E-state index < -0.39 is 6.04 Å². The quantitative estimate of drug-likeness (QED) is 0.346. The summed E-state index contributed by atoms with van der Waals surface area (Å²) in [7, 11) is 0. The van der Waals surface area contributed by atoms with Crippen molar-refractivity contribution in [3.8, 4) is 0 Å². The largest absolute Gasteiger partial charge is 0.459 e. The first-order valence-corrected chi connectivity index (χ1v) is 13.5. The Labute approximate surface area is 224 Å². The SMILES string of the molecule is CC1CC(CCN(C(=O)c2ccco2)C(C(=O)NCCc2cccc(F)c2)c2cccnc2)CC(C)(C)C1. The van der Waals surface area contributed by atoms with Crippen molar-refractivity contribution in [3.05, 3.63) is 89.9 Å². The summed E-state index contributed by atoms with van der Waals surface area (Å²) in [4.78, 5) is 33.2. The van der Waals surface area contributed by atoms with E-state index in [4.69, 9.17) is 4.42 Å². The number of nitrogens with one attached hydrogen (secondary N) is 1. The molecule has 0 saturated heterocycles. The van der Waals surface area contributed by atoms with E-state index in [1.807, 2.05) is 12.1 Å². The second-order valence-electron chi connectivity index (χ2n) is 11.4. The average Bonchev–Trinajstić information content (AvgIpc) is 3.40. The molecule has 0 radical (unpaired) electrons. The third-order valence-electron chi connectivity index (χ3n) is 7.41. The second-order valence-corrected chi connectivity index (χ2v) is 11.4. The van der Waals surface area contributed by atoms with Crippen LogP contribution in [0.1, 0.15) is 74.2 Å². The first-order valence-electron chi connectivity index (χ1n) is 13.5. The highest BCUT2D eigenvalue weighted by Gasteiger charge is 2.36. The first kappa shape index (κ1) is 27.6. The van der Waals surface area contributed by atoms with Crippen LogP contribution in [0.3, 0.4) is 0 Å². The summed E-state index contributed by atoms with van der Waals surface area (Å²) in [5.41, 5.74) is 1.68. The summed E-state index contributed by atoms with van der Waals surface area (Å²) in [5, 5.41) is 2.97. The lowest BCUT2D eigenvalue weighted by molar-refractivity contribution is -0.126. The molecule has 3 atom stereocenters. The third kappa shape index (κ3) is 7.30. The molecule has 0 aliphatic heterocycles. The van der Waals surface area contributed by atoms with E-state index in [0.29, 0.717) is 36.9 Å². The van der Waals surface area contributed by atoms with Crippen LogP contribution >= 0.6 is 0 Å². The van der Waals surface area contributed by atoms with Gasteiger partial charge in [0.15, 0.2) is 5.76 Å². The molecule has 2 heterocycles. The molecule has 3 aromatic rings. The van der Waals surface area contributed by atoms with Gasteiger partial charge in [-0.2, -0.15) is 0 Å². The maximum atomic E-state index is 13.7. The summed E-state index contributed by atoms with van der Waals surface area (Å²) < 4.78 is 19.1. The number of hydrogen-bond acceptors (Lipinski definition) is 4. The molecule has 1 aliphatic carbocycles. The maximum Gasteiger partial charge on any atom is 0.290 e. The highest BCUT2D eigenvalue weighted by atomic mass is 19.1. The van der Waals surface area contributed by atoms with Crippen LogP contribution in [0.15, 0.2) is 71.6 Å². The minimum absolute atomic E-state index is 0.198. The van der Waals surface area contributed by atoms with Gasteiger partial charge < -0.3 is 14.6 Å². The number of halogens is 1. The highest BCUT2D eigenvalue weighted by Crippen LogP contribution is 2.43. The number of amides is 2. The molecule has 3 unspecified atom stereocenters. The molecule has 4 rings (SSSR count). The van der Waals surface area contributed by atoms with Crippen molar-refractivity contribution in [2.75, 3.05) is 13.1 Å². The van der Waals surface area contributed by atoms with Crippen molar-refractivity contribution in [1.82, 2.24) is 15.2 Å². The van der Waals surface area contributed by atoms with E-state index >= 15 is 0 Å². The Kier molecular flexibility index (Phi) is 8.97. The minimum Gasteiger partial charge on any atom is -0.459 e. The number of nitrogens with zero attached hydrogens (tertiary/aromatic N) is 2. The lowest BCUT2D eigenvalue weighted by Gasteiger charge is -2.40. The molecule has 1 N–H and O–H groups in total. The summed E-state index contributed by atoms with van der Waals surface area (Å²) in [6.07, 6.45) is 9.43. The summed E-state index contributed by atoms with van der Waals surface area (Å²) in [6, 6.07) is 12.4. The van der Waals surface area contributed by atoms with Gasteiger partial charge >= 0.3 is 0 Å². The Balaban J connectivity index is 1.56. The Morgan fingerprint density at radius 2 is 2.03 bits per heavy atom. The fourth-order valence-corrected chi connectivity index (χ4v) is 6.10. The van der Waals surface area contributed by atoms with Crippen LogP contribution in [-0.4, -0.2) is 34.8 Å². The van der Waals surface area contributed by atoms with Gasteiger partial charge in [0.25, 0.3) is 5.91 Å². The van der Waals surface area contributed by atoms with Crippen LogP contribution in [-0.2, 0) is 11.2 Å². The van der Waals surface area contributed by atoms with Crippen molar-refractivity contribution in [2.24, 2.45) is 17.3 Å². The molecule has 1 aliphatic rings. The Morgan fingerprint density at radius 1 is 1.18 bits per heavy atom. The fraction of sp³-hybridized carbons (Fsp3) is 0.452. The topological polar surface area (TPSA) is 75.4 Å². The molecular weight excluding hydrogens is 481 g/mol. The van der Waals surface area contributed by atoms with Crippen molar-refractivity contribution >= 4 is 11.8 Å². The fourth-order valence-electron chi connectivity index (χ4n) is 6.10. The number of pyridine rings is 1. The van der Waals surface area contributed by atoms with Gasteiger partial charge in [-0.25, -0.2) is 4.39 Å². The highest BCUT2D eigenvalue weighted by molar-refractivity contribution is 5.96. The minimum atomic E-state index is -0.872. The second kappa shape index (κ2) is 12.4. The van der Waals surface area contributed by atoms with Crippen LogP contribution in [0, 0.1) is 23.1 Å². The molecular formula is C31H38FN3O3. The number of benzene rings is 1. The zero-order valence-electron chi connectivity index (χ0n) is 22.5. The molecule has 0 spiro atoms. The maximum absolute atomic E-state index is 13.7. The zero-order valence-corrected chi connectivity index (χ0v) is 22.5. The van der Waals surface area contributed by atoms with Crippen LogP contribution in [0.25, 0.3) is 0 Å². The molecule has 0 bridgehead atoms. The summed E-state index contributed by atoms with van der Waals surface area (Å²) in [6.45, 7) is 7.65. The van der Waals surface area contributed by atoms with Crippen molar-refractivity contribution in [2.45, 2.75) is 58.9 Å². The number of carbonyl (C=O) groups excluding carboxylic acids is 2. The van der Waals surface area contributed by atoms with Crippen LogP contribution in [0.4, 0.5) is 4.39 Å². The lowest BCUT2D eigenvalue weighted by Crippen LogP contribution is -2.45. The monoisotopic (exact) mass is 519 g/mol. The molecule has 1 saturated carbocycles. The lowest BCUT2D eigenvalue weighted by atomic mass is 9.67. The van der Waals surface area contributed by atoms with E-state index in [-0.39, 0.29) is 28.8 Å². The number of furan rings is 1. The van der Waals surface area contributed by atoms with Crippen molar-refractivity contribution < 1.29 is 18.4 Å². The van der Waals surface area contributed by atoms with Crippen molar-refractivity contribution in [1.29, 1.82) is 0 Å². The molecule has 2 amide bonds. The normalized spacial score (nSPS) is 19.5. The van der Waals surface area contributed by atoms with Crippen molar-refractivity contribution in [3.63, 3.8) is 0 Å². The van der Waals surface area contributed by atoms with E-state index in [0.717, 1.165) is 24.8 Å².